The first kappa shape index (κ1) is 37.8. The molecule has 230 valence electrons. The van der Waals surface area contributed by atoms with Crippen LogP contribution in [0.4, 0.5) is 0 Å². The number of nitrogens with zero attached hydrogens (tertiary/aromatic N) is 1. The molecule has 0 spiro atoms. The molecule has 4 heteroatoms. The van der Waals surface area contributed by atoms with Gasteiger partial charge in [-0.3, -0.25) is 4.90 Å². The standard InChI is InChI=1S/C34H71NO3/c1-4-6-8-10-12-14-16-18-20-22-24-26-28-33(37)30-35(32(3)36)31-34(38)29-27-25-23-21-19-17-15-13-11-9-7-5-2/h32-34,36-38H,4-31H2,1-3H3. The van der Waals surface area contributed by atoms with E-state index in [9.17, 15) is 15.3 Å². The van der Waals surface area contributed by atoms with Gasteiger partial charge in [0.15, 0.2) is 0 Å². The average Bonchev–Trinajstić information content (AvgIpc) is 2.89. The van der Waals surface area contributed by atoms with Crippen molar-refractivity contribution >= 4 is 0 Å². The topological polar surface area (TPSA) is 63.9 Å². The first-order valence-electron chi connectivity index (χ1n) is 17.3. The Bertz CT molecular complexity index is 409. The molecule has 0 fully saturated rings. The van der Waals surface area contributed by atoms with Gasteiger partial charge in [0.2, 0.25) is 0 Å². The van der Waals surface area contributed by atoms with Gasteiger partial charge in [0, 0.05) is 13.1 Å². The minimum absolute atomic E-state index is 0.424. The zero-order chi connectivity index (χ0) is 28.1. The second-order valence-electron chi connectivity index (χ2n) is 12.2. The van der Waals surface area contributed by atoms with Crippen LogP contribution in [0.1, 0.15) is 188 Å². The summed E-state index contributed by atoms with van der Waals surface area (Å²) in [6, 6.07) is 0. The summed E-state index contributed by atoms with van der Waals surface area (Å²) in [7, 11) is 0. The van der Waals surface area contributed by atoms with Crippen molar-refractivity contribution in [3.8, 4) is 0 Å². The molecule has 0 aliphatic rings. The number of hydrogen-bond acceptors (Lipinski definition) is 4. The number of unbranched alkanes of at least 4 members (excludes halogenated alkanes) is 22. The van der Waals surface area contributed by atoms with E-state index in [1.807, 2.05) is 4.90 Å². The van der Waals surface area contributed by atoms with E-state index >= 15 is 0 Å². The van der Waals surface area contributed by atoms with Crippen LogP contribution in [0.2, 0.25) is 0 Å². The van der Waals surface area contributed by atoms with Crippen molar-refractivity contribution in [2.45, 2.75) is 206 Å². The molecule has 0 rings (SSSR count). The first-order valence-corrected chi connectivity index (χ1v) is 17.3. The maximum atomic E-state index is 10.5. The molecule has 38 heavy (non-hydrogen) atoms. The molecular weight excluding hydrogens is 470 g/mol. The predicted molar refractivity (Wildman–Crippen MR) is 167 cm³/mol. The predicted octanol–water partition coefficient (Wildman–Crippen LogP) is 9.53. The molecule has 0 saturated heterocycles. The lowest BCUT2D eigenvalue weighted by molar-refractivity contribution is -0.0368. The van der Waals surface area contributed by atoms with Gasteiger partial charge in [-0.2, -0.15) is 0 Å². The van der Waals surface area contributed by atoms with E-state index in [4.69, 9.17) is 0 Å². The fraction of sp³-hybridized carbons (Fsp3) is 1.00. The maximum Gasteiger partial charge on any atom is 0.104 e. The van der Waals surface area contributed by atoms with Gasteiger partial charge >= 0.3 is 0 Å². The molecule has 0 heterocycles. The Kier molecular flexibility index (Phi) is 29.7. The Morgan fingerprint density at radius 3 is 0.868 bits per heavy atom. The van der Waals surface area contributed by atoms with Gasteiger partial charge in [-0.25, -0.2) is 0 Å². The third kappa shape index (κ3) is 27.4. The van der Waals surface area contributed by atoms with Gasteiger partial charge in [-0.15, -0.1) is 0 Å². The lowest BCUT2D eigenvalue weighted by Gasteiger charge is -2.29. The fourth-order valence-electron chi connectivity index (χ4n) is 5.55. The first-order chi connectivity index (χ1) is 18.5. The molecule has 0 aromatic carbocycles. The molecule has 4 nitrogen and oxygen atoms in total. The van der Waals surface area contributed by atoms with Gasteiger partial charge in [0.25, 0.3) is 0 Å². The number of aliphatic hydroxyl groups is 3. The number of aliphatic hydroxyl groups excluding tert-OH is 3. The van der Waals surface area contributed by atoms with Crippen LogP contribution in [0, 0.1) is 0 Å². The molecule has 3 atom stereocenters. The third-order valence-electron chi connectivity index (χ3n) is 8.20. The van der Waals surface area contributed by atoms with Crippen molar-refractivity contribution in [3.05, 3.63) is 0 Å². The molecule has 0 aromatic rings. The summed E-state index contributed by atoms with van der Waals surface area (Å²) >= 11 is 0. The lowest BCUT2D eigenvalue weighted by atomic mass is 10.0. The van der Waals surface area contributed by atoms with E-state index in [1.165, 1.54) is 141 Å². The molecule has 0 radical (unpaired) electrons. The Morgan fingerprint density at radius 2 is 0.632 bits per heavy atom. The highest BCUT2D eigenvalue weighted by Crippen LogP contribution is 2.16. The number of rotatable bonds is 31. The van der Waals surface area contributed by atoms with Crippen molar-refractivity contribution in [2.24, 2.45) is 0 Å². The normalized spacial score (nSPS) is 14.3. The van der Waals surface area contributed by atoms with Crippen LogP contribution in [0.3, 0.4) is 0 Å². The highest BCUT2D eigenvalue weighted by molar-refractivity contribution is 4.70. The zero-order valence-electron chi connectivity index (χ0n) is 26.3. The summed E-state index contributed by atoms with van der Waals surface area (Å²) in [5.74, 6) is 0. The summed E-state index contributed by atoms with van der Waals surface area (Å²) in [6.07, 6.45) is 31.8. The highest BCUT2D eigenvalue weighted by Gasteiger charge is 2.19. The van der Waals surface area contributed by atoms with E-state index in [2.05, 4.69) is 13.8 Å². The molecule has 3 unspecified atom stereocenters. The molecule has 0 saturated carbocycles. The van der Waals surface area contributed by atoms with Crippen molar-refractivity contribution < 1.29 is 15.3 Å². The van der Waals surface area contributed by atoms with Gasteiger partial charge in [0.05, 0.1) is 12.2 Å². The van der Waals surface area contributed by atoms with E-state index in [0.717, 1.165) is 25.7 Å². The largest absolute Gasteiger partial charge is 0.392 e. The second kappa shape index (κ2) is 29.8. The van der Waals surface area contributed by atoms with Crippen LogP contribution < -0.4 is 0 Å². The summed E-state index contributed by atoms with van der Waals surface area (Å²) in [5.41, 5.74) is 0. The fourth-order valence-corrected chi connectivity index (χ4v) is 5.55. The summed E-state index contributed by atoms with van der Waals surface area (Å²) in [4.78, 5) is 1.84. The molecule has 0 amide bonds. The Morgan fingerprint density at radius 1 is 0.395 bits per heavy atom. The lowest BCUT2D eigenvalue weighted by Crippen LogP contribution is -2.43. The Balaban J connectivity index is 3.68. The van der Waals surface area contributed by atoms with E-state index in [0.29, 0.717) is 13.1 Å². The third-order valence-corrected chi connectivity index (χ3v) is 8.20. The maximum absolute atomic E-state index is 10.5. The summed E-state index contributed by atoms with van der Waals surface area (Å²) in [6.45, 7) is 7.19. The molecule has 0 bridgehead atoms. The van der Waals surface area contributed by atoms with Crippen LogP contribution in [0.25, 0.3) is 0 Å². The van der Waals surface area contributed by atoms with Crippen LogP contribution in [-0.4, -0.2) is 51.7 Å². The summed E-state index contributed by atoms with van der Waals surface area (Å²) < 4.78 is 0. The van der Waals surface area contributed by atoms with Crippen LogP contribution in [0.5, 0.6) is 0 Å². The van der Waals surface area contributed by atoms with Crippen molar-refractivity contribution in [3.63, 3.8) is 0 Å². The van der Waals surface area contributed by atoms with E-state index in [-0.39, 0.29) is 0 Å². The van der Waals surface area contributed by atoms with Gasteiger partial charge in [-0.05, 0) is 19.8 Å². The highest BCUT2D eigenvalue weighted by atomic mass is 16.3. The second-order valence-corrected chi connectivity index (χ2v) is 12.2. The van der Waals surface area contributed by atoms with E-state index < -0.39 is 18.4 Å². The van der Waals surface area contributed by atoms with Crippen LogP contribution in [0.15, 0.2) is 0 Å². The minimum Gasteiger partial charge on any atom is -0.392 e. The Labute approximate surface area is 239 Å². The van der Waals surface area contributed by atoms with Crippen LogP contribution >= 0.6 is 0 Å². The van der Waals surface area contributed by atoms with Gasteiger partial charge in [-0.1, -0.05) is 168 Å². The average molecular weight is 542 g/mol. The number of hydrogen-bond donors (Lipinski definition) is 3. The van der Waals surface area contributed by atoms with Gasteiger partial charge in [0.1, 0.15) is 6.23 Å². The molecule has 3 N–H and O–H groups in total. The molecule has 0 aliphatic carbocycles. The monoisotopic (exact) mass is 542 g/mol. The molecule has 0 aromatic heterocycles. The smallest absolute Gasteiger partial charge is 0.104 e. The van der Waals surface area contributed by atoms with Crippen LogP contribution in [-0.2, 0) is 0 Å². The molecular formula is C34H71NO3. The minimum atomic E-state index is -0.636. The molecule has 0 aliphatic heterocycles. The van der Waals surface area contributed by atoms with Crippen molar-refractivity contribution in [1.29, 1.82) is 0 Å². The van der Waals surface area contributed by atoms with Crippen molar-refractivity contribution in [2.75, 3.05) is 13.1 Å². The SMILES string of the molecule is CCCCCCCCCCCCCCC(O)CN(CC(O)CCCCCCCCCCCCCC)C(C)O. The Hall–Kier alpha value is -0.160. The summed E-state index contributed by atoms with van der Waals surface area (Å²) in [5, 5.41) is 31.2. The van der Waals surface area contributed by atoms with Crippen molar-refractivity contribution in [1.82, 2.24) is 4.90 Å². The van der Waals surface area contributed by atoms with Gasteiger partial charge < -0.3 is 15.3 Å². The zero-order valence-corrected chi connectivity index (χ0v) is 26.3. The quantitative estimate of drug-likeness (QED) is 0.0604. The van der Waals surface area contributed by atoms with E-state index in [1.54, 1.807) is 6.92 Å².